The van der Waals surface area contributed by atoms with Crippen molar-refractivity contribution in [3.05, 3.63) is 28.7 Å². The molecule has 3 nitrogen and oxygen atoms in total. The summed E-state index contributed by atoms with van der Waals surface area (Å²) in [6.45, 7) is 3.08. The Morgan fingerprint density at radius 3 is 2.65 bits per heavy atom. The van der Waals surface area contributed by atoms with Gasteiger partial charge in [-0.25, -0.2) is 8.42 Å². The molecule has 0 atom stereocenters. The number of benzene rings is 1. The highest BCUT2D eigenvalue weighted by atomic mass is 79.9. The monoisotopic (exact) mass is 317 g/mol. The summed E-state index contributed by atoms with van der Waals surface area (Å²) in [5.74, 6) is 0.567. The van der Waals surface area contributed by atoms with Crippen LogP contribution in [0.25, 0.3) is 0 Å². The molecule has 0 saturated heterocycles. The minimum Gasteiger partial charge on any atom is -0.207 e. The maximum atomic E-state index is 12.4. The van der Waals surface area contributed by atoms with Crippen LogP contribution in [0.3, 0.4) is 0 Å². The predicted octanol–water partition coefficient (Wildman–Crippen LogP) is 2.87. The summed E-state index contributed by atoms with van der Waals surface area (Å²) < 4.78 is 27.1. The summed E-state index contributed by atoms with van der Waals surface area (Å²) in [6, 6.07) is 6.89. The van der Waals surface area contributed by atoms with E-state index in [9.17, 15) is 8.42 Å². The summed E-state index contributed by atoms with van der Waals surface area (Å²) >= 11 is 3.31. The second-order valence-electron chi connectivity index (χ2n) is 4.36. The SMILES string of the molecule is CCN(CC1CC1)S(=O)(=O)c1cccc(Br)c1. The first-order valence-corrected chi connectivity index (χ1v) is 8.03. The Morgan fingerprint density at radius 1 is 1.41 bits per heavy atom. The van der Waals surface area contributed by atoms with E-state index in [2.05, 4.69) is 15.9 Å². The van der Waals surface area contributed by atoms with E-state index < -0.39 is 10.0 Å². The smallest absolute Gasteiger partial charge is 0.207 e. The molecule has 0 aromatic heterocycles. The Hall–Kier alpha value is -0.390. The Bertz CT molecular complexity index is 497. The van der Waals surface area contributed by atoms with Gasteiger partial charge in [0.2, 0.25) is 10.0 Å². The fraction of sp³-hybridized carbons (Fsp3) is 0.500. The highest BCUT2D eigenvalue weighted by Gasteiger charge is 2.30. The molecule has 0 heterocycles. The normalized spacial score (nSPS) is 16.4. The highest BCUT2D eigenvalue weighted by molar-refractivity contribution is 9.10. The molecule has 1 saturated carbocycles. The van der Waals surface area contributed by atoms with E-state index in [1.807, 2.05) is 13.0 Å². The molecule has 1 aliphatic rings. The van der Waals surface area contributed by atoms with Crippen LogP contribution < -0.4 is 0 Å². The Balaban J connectivity index is 2.26. The number of hydrogen-bond donors (Lipinski definition) is 0. The summed E-state index contributed by atoms with van der Waals surface area (Å²) in [6.07, 6.45) is 2.31. The van der Waals surface area contributed by atoms with E-state index in [1.54, 1.807) is 22.5 Å². The van der Waals surface area contributed by atoms with Gasteiger partial charge in [-0.1, -0.05) is 28.9 Å². The van der Waals surface area contributed by atoms with Crippen LogP contribution in [0.4, 0.5) is 0 Å². The number of halogens is 1. The van der Waals surface area contributed by atoms with Crippen LogP contribution in [0.15, 0.2) is 33.6 Å². The van der Waals surface area contributed by atoms with E-state index in [1.165, 1.54) is 0 Å². The predicted molar refractivity (Wildman–Crippen MR) is 71.3 cm³/mol. The van der Waals surface area contributed by atoms with Gasteiger partial charge in [0.25, 0.3) is 0 Å². The Kier molecular flexibility index (Phi) is 3.90. The van der Waals surface area contributed by atoms with Crippen molar-refractivity contribution in [1.82, 2.24) is 4.31 Å². The van der Waals surface area contributed by atoms with Gasteiger partial charge in [-0.3, -0.25) is 0 Å². The number of nitrogens with zero attached hydrogens (tertiary/aromatic N) is 1. The molecular weight excluding hydrogens is 302 g/mol. The molecule has 1 fully saturated rings. The van der Waals surface area contributed by atoms with Crippen molar-refractivity contribution in [2.45, 2.75) is 24.7 Å². The lowest BCUT2D eigenvalue weighted by Gasteiger charge is -2.20. The van der Waals surface area contributed by atoms with Crippen molar-refractivity contribution in [3.8, 4) is 0 Å². The van der Waals surface area contributed by atoms with E-state index >= 15 is 0 Å². The number of sulfonamides is 1. The molecule has 0 radical (unpaired) electrons. The molecule has 1 aromatic carbocycles. The lowest BCUT2D eigenvalue weighted by atomic mass is 10.4. The van der Waals surface area contributed by atoms with Crippen molar-refractivity contribution in [2.75, 3.05) is 13.1 Å². The van der Waals surface area contributed by atoms with E-state index in [0.29, 0.717) is 23.9 Å². The van der Waals surface area contributed by atoms with Crippen molar-refractivity contribution < 1.29 is 8.42 Å². The molecule has 0 bridgehead atoms. The van der Waals surface area contributed by atoms with Crippen molar-refractivity contribution in [1.29, 1.82) is 0 Å². The van der Waals surface area contributed by atoms with Gasteiger partial charge in [-0.05, 0) is 37.0 Å². The third-order valence-electron chi connectivity index (χ3n) is 2.95. The van der Waals surface area contributed by atoms with Crippen molar-refractivity contribution >= 4 is 26.0 Å². The van der Waals surface area contributed by atoms with Gasteiger partial charge in [-0.15, -0.1) is 0 Å². The quantitative estimate of drug-likeness (QED) is 0.837. The lowest BCUT2D eigenvalue weighted by Crippen LogP contribution is -2.32. The van der Waals surface area contributed by atoms with Crippen LogP contribution in [0.5, 0.6) is 0 Å². The zero-order valence-corrected chi connectivity index (χ0v) is 12.2. The van der Waals surface area contributed by atoms with Crippen LogP contribution >= 0.6 is 15.9 Å². The minimum absolute atomic E-state index is 0.370. The summed E-state index contributed by atoms with van der Waals surface area (Å²) in [4.78, 5) is 0.370. The largest absolute Gasteiger partial charge is 0.243 e. The standard InChI is InChI=1S/C12H16BrNO2S/c1-2-14(9-10-6-7-10)17(15,16)12-5-3-4-11(13)8-12/h3-5,8,10H,2,6-7,9H2,1H3. The van der Waals surface area contributed by atoms with Gasteiger partial charge in [0.1, 0.15) is 0 Å². The number of rotatable bonds is 5. The molecule has 5 heteroatoms. The van der Waals surface area contributed by atoms with E-state index in [4.69, 9.17) is 0 Å². The number of hydrogen-bond acceptors (Lipinski definition) is 2. The second-order valence-corrected chi connectivity index (χ2v) is 7.21. The highest BCUT2D eigenvalue weighted by Crippen LogP contribution is 2.31. The molecule has 94 valence electrons. The van der Waals surface area contributed by atoms with Crippen LogP contribution in [0, 0.1) is 5.92 Å². The molecule has 17 heavy (non-hydrogen) atoms. The maximum absolute atomic E-state index is 12.4. The Labute approximate surface area is 111 Å². The van der Waals surface area contributed by atoms with Crippen molar-refractivity contribution in [2.24, 2.45) is 5.92 Å². The summed E-state index contributed by atoms with van der Waals surface area (Å²) in [5.41, 5.74) is 0. The zero-order valence-electron chi connectivity index (χ0n) is 9.77. The fourth-order valence-corrected chi connectivity index (χ4v) is 3.88. The van der Waals surface area contributed by atoms with E-state index in [-0.39, 0.29) is 0 Å². The zero-order chi connectivity index (χ0) is 12.5. The summed E-state index contributed by atoms with van der Waals surface area (Å²) in [5, 5.41) is 0. The van der Waals surface area contributed by atoms with Gasteiger partial charge in [0.05, 0.1) is 4.90 Å². The van der Waals surface area contributed by atoms with Crippen LogP contribution in [-0.2, 0) is 10.0 Å². The minimum atomic E-state index is -3.33. The first kappa shape index (κ1) is 13.1. The Morgan fingerprint density at radius 2 is 2.12 bits per heavy atom. The first-order chi connectivity index (χ1) is 8.04. The first-order valence-electron chi connectivity index (χ1n) is 5.79. The molecule has 0 spiro atoms. The average Bonchev–Trinajstić information content (AvgIpc) is 3.09. The van der Waals surface area contributed by atoms with Crippen molar-refractivity contribution in [3.63, 3.8) is 0 Å². The van der Waals surface area contributed by atoms with Gasteiger partial charge in [0, 0.05) is 17.6 Å². The third kappa shape index (κ3) is 3.09. The maximum Gasteiger partial charge on any atom is 0.243 e. The molecule has 1 aromatic rings. The lowest BCUT2D eigenvalue weighted by molar-refractivity contribution is 0.412. The molecule has 1 aliphatic carbocycles. The average molecular weight is 318 g/mol. The molecular formula is C12H16BrNO2S. The molecule has 0 unspecified atom stereocenters. The molecule has 0 aliphatic heterocycles. The fourth-order valence-electron chi connectivity index (χ4n) is 1.76. The van der Waals surface area contributed by atoms with Crippen LogP contribution in [-0.4, -0.2) is 25.8 Å². The summed E-state index contributed by atoms with van der Waals surface area (Å²) in [7, 11) is -3.33. The van der Waals surface area contributed by atoms with Crippen LogP contribution in [0.2, 0.25) is 0 Å². The molecule has 2 rings (SSSR count). The van der Waals surface area contributed by atoms with E-state index in [0.717, 1.165) is 17.3 Å². The van der Waals surface area contributed by atoms with Gasteiger partial charge < -0.3 is 0 Å². The molecule has 0 amide bonds. The third-order valence-corrected chi connectivity index (χ3v) is 5.38. The topological polar surface area (TPSA) is 37.4 Å². The van der Waals surface area contributed by atoms with Gasteiger partial charge >= 0.3 is 0 Å². The molecule has 0 N–H and O–H groups in total. The second kappa shape index (κ2) is 5.08. The van der Waals surface area contributed by atoms with Crippen LogP contribution in [0.1, 0.15) is 19.8 Å². The van der Waals surface area contributed by atoms with Gasteiger partial charge in [0.15, 0.2) is 0 Å². The van der Waals surface area contributed by atoms with Gasteiger partial charge in [-0.2, -0.15) is 4.31 Å².